The van der Waals surface area contributed by atoms with Gasteiger partial charge in [-0.15, -0.1) is 0 Å². The molecule has 0 radical (unpaired) electrons. The Morgan fingerprint density at radius 1 is 1.10 bits per heavy atom. The molecule has 0 aliphatic carbocycles. The Morgan fingerprint density at radius 2 is 1.87 bits per heavy atom. The van der Waals surface area contributed by atoms with Gasteiger partial charge in [-0.2, -0.15) is 0 Å². The van der Waals surface area contributed by atoms with E-state index in [-0.39, 0.29) is 5.91 Å². The fourth-order valence-electron chi connectivity index (χ4n) is 4.09. The highest BCUT2D eigenvalue weighted by molar-refractivity contribution is 6.08. The van der Waals surface area contributed by atoms with Gasteiger partial charge in [0.15, 0.2) is 0 Å². The molecule has 4 rings (SSSR count). The molecule has 1 saturated heterocycles. The fraction of sp³-hybridized carbons (Fsp3) is 0.261. The first-order chi connectivity index (χ1) is 14.5. The van der Waals surface area contributed by atoms with Crippen LogP contribution in [0.3, 0.4) is 0 Å². The Bertz CT molecular complexity index is 1100. The van der Waals surface area contributed by atoms with Gasteiger partial charge in [-0.1, -0.05) is 0 Å². The standard InChI is InChI=1S/C23H25N5O2/c1-15-12-19(16(2)28(15)18-6-5-9-25-14-18)23(30)26-20-13-17(22(24)29)7-8-21(20)27-10-3-4-11-27/h5-9,12-14H,3-4,10-11H2,1-2H3,(H2,24,29)(H,26,30). The zero-order chi connectivity index (χ0) is 21.3. The number of pyridine rings is 1. The molecular formula is C23H25N5O2. The summed E-state index contributed by atoms with van der Waals surface area (Å²) >= 11 is 0. The molecule has 154 valence electrons. The fourth-order valence-corrected chi connectivity index (χ4v) is 4.09. The highest BCUT2D eigenvalue weighted by Crippen LogP contribution is 2.31. The van der Waals surface area contributed by atoms with Gasteiger partial charge in [-0.05, 0) is 63.1 Å². The summed E-state index contributed by atoms with van der Waals surface area (Å²) in [7, 11) is 0. The summed E-state index contributed by atoms with van der Waals surface area (Å²) in [6.07, 6.45) is 5.70. The molecule has 3 aromatic rings. The monoisotopic (exact) mass is 403 g/mol. The second kappa shape index (κ2) is 8.02. The van der Waals surface area contributed by atoms with Gasteiger partial charge in [0, 0.05) is 36.2 Å². The van der Waals surface area contributed by atoms with Gasteiger partial charge in [0.1, 0.15) is 0 Å². The van der Waals surface area contributed by atoms with Crippen LogP contribution in [-0.4, -0.2) is 34.5 Å². The lowest BCUT2D eigenvalue weighted by Crippen LogP contribution is -2.22. The van der Waals surface area contributed by atoms with E-state index in [4.69, 9.17) is 5.73 Å². The highest BCUT2D eigenvalue weighted by Gasteiger charge is 2.21. The molecule has 0 atom stereocenters. The van der Waals surface area contributed by atoms with Gasteiger partial charge in [0.2, 0.25) is 5.91 Å². The van der Waals surface area contributed by atoms with Crippen LogP contribution in [0, 0.1) is 13.8 Å². The quantitative estimate of drug-likeness (QED) is 0.682. The lowest BCUT2D eigenvalue weighted by molar-refractivity contribution is 0.0996. The van der Waals surface area contributed by atoms with Crippen LogP contribution in [0.4, 0.5) is 11.4 Å². The van der Waals surface area contributed by atoms with Crippen LogP contribution < -0.4 is 16.0 Å². The lowest BCUT2D eigenvalue weighted by atomic mass is 10.1. The second-order valence-electron chi connectivity index (χ2n) is 7.58. The van der Waals surface area contributed by atoms with Crippen molar-refractivity contribution in [2.45, 2.75) is 26.7 Å². The minimum Gasteiger partial charge on any atom is -0.370 e. The van der Waals surface area contributed by atoms with Gasteiger partial charge in [-0.25, -0.2) is 0 Å². The molecule has 3 N–H and O–H groups in total. The first-order valence-electron chi connectivity index (χ1n) is 10.0. The number of aromatic nitrogens is 2. The predicted molar refractivity (Wildman–Crippen MR) is 117 cm³/mol. The van der Waals surface area contributed by atoms with Crippen LogP contribution in [0.5, 0.6) is 0 Å². The Morgan fingerprint density at radius 3 is 2.53 bits per heavy atom. The Labute approximate surface area is 175 Å². The van der Waals surface area contributed by atoms with Crippen LogP contribution in [0.25, 0.3) is 5.69 Å². The van der Waals surface area contributed by atoms with Crippen LogP contribution in [0.2, 0.25) is 0 Å². The molecule has 2 aromatic heterocycles. The zero-order valence-electron chi connectivity index (χ0n) is 17.2. The molecule has 0 spiro atoms. The molecule has 1 aliphatic heterocycles. The van der Waals surface area contributed by atoms with Crippen molar-refractivity contribution in [1.29, 1.82) is 0 Å². The predicted octanol–water partition coefficient (Wildman–Crippen LogP) is 3.44. The van der Waals surface area contributed by atoms with E-state index in [2.05, 4.69) is 15.2 Å². The van der Waals surface area contributed by atoms with Crippen molar-refractivity contribution in [2.24, 2.45) is 5.73 Å². The first-order valence-corrected chi connectivity index (χ1v) is 10.0. The summed E-state index contributed by atoms with van der Waals surface area (Å²) in [4.78, 5) is 31.3. The topological polar surface area (TPSA) is 93.2 Å². The van der Waals surface area contributed by atoms with Gasteiger partial charge in [-0.3, -0.25) is 14.6 Å². The summed E-state index contributed by atoms with van der Waals surface area (Å²) in [6.45, 7) is 5.72. The summed E-state index contributed by atoms with van der Waals surface area (Å²) in [6, 6.07) is 10.9. The van der Waals surface area contributed by atoms with Crippen molar-refractivity contribution < 1.29 is 9.59 Å². The van der Waals surface area contributed by atoms with E-state index in [1.807, 2.05) is 42.7 Å². The maximum atomic E-state index is 13.2. The molecule has 1 aliphatic rings. The Kier molecular flexibility index (Phi) is 5.27. The number of rotatable bonds is 5. The van der Waals surface area contributed by atoms with E-state index < -0.39 is 5.91 Å². The third-order valence-electron chi connectivity index (χ3n) is 5.56. The molecule has 2 amide bonds. The number of hydrogen-bond donors (Lipinski definition) is 2. The summed E-state index contributed by atoms with van der Waals surface area (Å²) in [5, 5.41) is 3.01. The van der Waals surface area contributed by atoms with Crippen molar-refractivity contribution in [3.05, 3.63) is 71.3 Å². The smallest absolute Gasteiger partial charge is 0.257 e. The van der Waals surface area contributed by atoms with E-state index in [0.29, 0.717) is 16.8 Å². The lowest BCUT2D eigenvalue weighted by Gasteiger charge is -2.22. The minimum atomic E-state index is -0.520. The molecule has 7 nitrogen and oxygen atoms in total. The average Bonchev–Trinajstić information content (AvgIpc) is 3.36. The third-order valence-corrected chi connectivity index (χ3v) is 5.56. The average molecular weight is 403 g/mol. The number of primary amides is 1. The first kappa shape index (κ1) is 19.7. The number of carbonyl (C=O) groups is 2. The zero-order valence-corrected chi connectivity index (χ0v) is 17.2. The molecular weight excluding hydrogens is 378 g/mol. The SMILES string of the molecule is Cc1cc(C(=O)Nc2cc(C(N)=O)ccc2N2CCCC2)c(C)n1-c1cccnc1. The number of nitrogens with two attached hydrogens (primary N) is 1. The molecule has 0 bridgehead atoms. The highest BCUT2D eigenvalue weighted by atomic mass is 16.2. The van der Waals surface area contributed by atoms with Crippen molar-refractivity contribution in [3.63, 3.8) is 0 Å². The molecule has 0 saturated carbocycles. The maximum absolute atomic E-state index is 13.2. The number of benzene rings is 1. The van der Waals surface area contributed by atoms with Crippen LogP contribution in [0.15, 0.2) is 48.8 Å². The van der Waals surface area contributed by atoms with E-state index in [0.717, 1.165) is 48.7 Å². The van der Waals surface area contributed by atoms with E-state index >= 15 is 0 Å². The van der Waals surface area contributed by atoms with Gasteiger partial charge in [0.25, 0.3) is 5.91 Å². The number of hydrogen-bond acceptors (Lipinski definition) is 4. The summed E-state index contributed by atoms with van der Waals surface area (Å²) in [5.41, 5.74) is 10.6. The Hall–Kier alpha value is -3.61. The Balaban J connectivity index is 1.69. The second-order valence-corrected chi connectivity index (χ2v) is 7.58. The summed E-state index contributed by atoms with van der Waals surface area (Å²) in [5.74, 6) is -0.742. The molecule has 1 fully saturated rings. The maximum Gasteiger partial charge on any atom is 0.257 e. The molecule has 7 heteroatoms. The summed E-state index contributed by atoms with van der Waals surface area (Å²) < 4.78 is 2.00. The third kappa shape index (κ3) is 3.66. The number of aryl methyl sites for hydroxylation is 1. The van der Waals surface area contributed by atoms with E-state index in [1.165, 1.54) is 0 Å². The van der Waals surface area contributed by atoms with E-state index in [9.17, 15) is 9.59 Å². The van der Waals surface area contributed by atoms with Crippen molar-refractivity contribution in [3.8, 4) is 5.69 Å². The van der Waals surface area contributed by atoms with Crippen molar-refractivity contribution in [2.75, 3.05) is 23.3 Å². The van der Waals surface area contributed by atoms with Crippen LogP contribution in [0.1, 0.15) is 44.9 Å². The molecule has 1 aromatic carbocycles. The van der Waals surface area contributed by atoms with Gasteiger partial charge < -0.3 is 20.5 Å². The number of amides is 2. The number of nitrogens with one attached hydrogen (secondary N) is 1. The number of carbonyl (C=O) groups excluding carboxylic acids is 2. The van der Waals surface area contributed by atoms with Crippen molar-refractivity contribution >= 4 is 23.2 Å². The largest absolute Gasteiger partial charge is 0.370 e. The molecule has 30 heavy (non-hydrogen) atoms. The minimum absolute atomic E-state index is 0.222. The van der Waals surface area contributed by atoms with Crippen molar-refractivity contribution in [1.82, 2.24) is 9.55 Å². The normalized spacial score (nSPS) is 13.5. The number of nitrogens with zero attached hydrogens (tertiary/aromatic N) is 3. The van der Waals surface area contributed by atoms with Crippen LogP contribution in [-0.2, 0) is 0 Å². The number of anilines is 2. The molecule has 0 unspecified atom stereocenters. The van der Waals surface area contributed by atoms with E-state index in [1.54, 1.807) is 24.5 Å². The van der Waals surface area contributed by atoms with Gasteiger partial charge in [0.05, 0.1) is 28.8 Å². The molecule has 3 heterocycles. The van der Waals surface area contributed by atoms with Gasteiger partial charge >= 0.3 is 0 Å². The van der Waals surface area contributed by atoms with Crippen LogP contribution >= 0.6 is 0 Å².